The van der Waals surface area contributed by atoms with E-state index in [-0.39, 0.29) is 5.82 Å². The molecule has 0 amide bonds. The number of rotatable bonds is 3. The van der Waals surface area contributed by atoms with E-state index in [0.717, 1.165) is 16.9 Å². The molecule has 1 nitrogen and oxygen atoms in total. The monoisotopic (exact) mass is 263 g/mol. The van der Waals surface area contributed by atoms with Gasteiger partial charge in [0.15, 0.2) is 0 Å². The third kappa shape index (κ3) is 2.82. The molecular formula is C15H15ClFN. The summed E-state index contributed by atoms with van der Waals surface area (Å²) < 4.78 is 13.5. The fraction of sp³-hybridized carbons (Fsp3) is 0.200. The molecule has 0 saturated carbocycles. The number of aryl methyl sites for hydroxylation is 1. The maximum Gasteiger partial charge on any atom is 0.125 e. The van der Waals surface area contributed by atoms with Crippen LogP contribution in [-0.2, 0) is 5.88 Å². The Morgan fingerprint density at radius 1 is 1.06 bits per heavy atom. The normalized spacial score (nSPS) is 10.4. The molecule has 0 fully saturated rings. The lowest BCUT2D eigenvalue weighted by Crippen LogP contribution is -2.10. The Labute approximate surface area is 112 Å². The first-order valence-electron chi connectivity index (χ1n) is 5.76. The lowest BCUT2D eigenvalue weighted by atomic mass is 10.1. The van der Waals surface area contributed by atoms with Crippen molar-refractivity contribution in [3.05, 3.63) is 59.4 Å². The second kappa shape index (κ2) is 5.40. The van der Waals surface area contributed by atoms with Gasteiger partial charge in [0.2, 0.25) is 0 Å². The number of nitrogens with zero attached hydrogens (tertiary/aromatic N) is 1. The minimum absolute atomic E-state index is 0.262. The van der Waals surface area contributed by atoms with Crippen molar-refractivity contribution in [1.82, 2.24) is 0 Å². The maximum atomic E-state index is 13.5. The molecular weight excluding hydrogens is 249 g/mol. The average Bonchev–Trinajstić information content (AvgIpc) is 2.38. The Balaban J connectivity index is 2.35. The van der Waals surface area contributed by atoms with Crippen molar-refractivity contribution in [3.63, 3.8) is 0 Å². The zero-order valence-corrected chi connectivity index (χ0v) is 11.2. The summed E-state index contributed by atoms with van der Waals surface area (Å²) >= 11 is 5.76. The average molecular weight is 264 g/mol. The van der Waals surface area contributed by atoms with Crippen molar-refractivity contribution in [1.29, 1.82) is 0 Å². The van der Waals surface area contributed by atoms with Crippen molar-refractivity contribution in [2.75, 3.05) is 11.9 Å². The van der Waals surface area contributed by atoms with E-state index >= 15 is 0 Å². The van der Waals surface area contributed by atoms with E-state index in [9.17, 15) is 4.39 Å². The van der Waals surface area contributed by atoms with Gasteiger partial charge in [0, 0.05) is 24.3 Å². The largest absolute Gasteiger partial charge is 0.345 e. The summed E-state index contributed by atoms with van der Waals surface area (Å²) in [6.07, 6.45) is 0. The lowest BCUT2D eigenvalue weighted by molar-refractivity contribution is 0.626. The highest BCUT2D eigenvalue weighted by Crippen LogP contribution is 2.26. The number of benzene rings is 2. The number of anilines is 2. The van der Waals surface area contributed by atoms with Gasteiger partial charge in [-0.1, -0.05) is 17.7 Å². The van der Waals surface area contributed by atoms with Gasteiger partial charge in [-0.15, -0.1) is 11.6 Å². The second-order valence-corrected chi connectivity index (χ2v) is 4.61. The molecule has 0 radical (unpaired) electrons. The Bertz CT molecular complexity index is 537. The highest BCUT2D eigenvalue weighted by Gasteiger charge is 2.07. The minimum atomic E-state index is -0.262. The summed E-state index contributed by atoms with van der Waals surface area (Å²) in [5, 5.41) is 0. The molecule has 0 N–H and O–H groups in total. The van der Waals surface area contributed by atoms with Crippen molar-refractivity contribution in [3.8, 4) is 0 Å². The molecule has 2 aromatic rings. The zero-order chi connectivity index (χ0) is 13.1. The summed E-state index contributed by atoms with van der Waals surface area (Å²) in [6.45, 7) is 2.04. The summed E-state index contributed by atoms with van der Waals surface area (Å²) in [4.78, 5) is 1.94. The van der Waals surface area contributed by atoms with Crippen LogP contribution in [0.15, 0.2) is 42.5 Å². The highest BCUT2D eigenvalue weighted by molar-refractivity contribution is 6.17. The van der Waals surface area contributed by atoms with E-state index < -0.39 is 0 Å². The van der Waals surface area contributed by atoms with Gasteiger partial charge in [0.25, 0.3) is 0 Å². The Kier molecular flexibility index (Phi) is 3.87. The number of halogens is 2. The van der Waals surface area contributed by atoms with Gasteiger partial charge in [0.05, 0.1) is 0 Å². The summed E-state index contributed by atoms with van der Waals surface area (Å²) in [5.41, 5.74) is 3.81. The van der Waals surface area contributed by atoms with Gasteiger partial charge >= 0.3 is 0 Å². The van der Waals surface area contributed by atoms with E-state index in [2.05, 4.69) is 0 Å². The van der Waals surface area contributed by atoms with Crippen molar-refractivity contribution >= 4 is 23.0 Å². The molecule has 94 valence electrons. The highest BCUT2D eigenvalue weighted by atomic mass is 35.5. The molecule has 0 bridgehead atoms. The summed E-state index contributed by atoms with van der Waals surface area (Å²) in [6, 6.07) is 13.0. The molecule has 0 aliphatic carbocycles. The molecule has 0 heterocycles. The molecule has 0 spiro atoms. The molecule has 0 atom stereocenters. The quantitative estimate of drug-likeness (QED) is 0.729. The molecule has 18 heavy (non-hydrogen) atoms. The van der Waals surface area contributed by atoms with Crippen LogP contribution in [0.25, 0.3) is 0 Å². The SMILES string of the molecule is Cc1ccc(N(C)c2cc(F)cc(CCl)c2)cc1. The van der Waals surface area contributed by atoms with E-state index in [1.54, 1.807) is 0 Å². The lowest BCUT2D eigenvalue weighted by Gasteiger charge is -2.20. The fourth-order valence-electron chi connectivity index (χ4n) is 1.82. The van der Waals surface area contributed by atoms with Gasteiger partial charge in [-0.25, -0.2) is 4.39 Å². The van der Waals surface area contributed by atoms with Crippen LogP contribution in [0.1, 0.15) is 11.1 Å². The number of hydrogen-bond acceptors (Lipinski definition) is 1. The van der Waals surface area contributed by atoms with Crippen LogP contribution in [0.4, 0.5) is 15.8 Å². The minimum Gasteiger partial charge on any atom is -0.345 e. The van der Waals surface area contributed by atoms with Crippen LogP contribution in [0.2, 0.25) is 0 Å². The Morgan fingerprint density at radius 3 is 2.33 bits per heavy atom. The molecule has 2 aromatic carbocycles. The molecule has 0 saturated heterocycles. The van der Waals surface area contributed by atoms with Crippen LogP contribution in [0.3, 0.4) is 0 Å². The van der Waals surface area contributed by atoms with E-state index in [0.29, 0.717) is 5.88 Å². The maximum absolute atomic E-state index is 13.5. The first-order chi connectivity index (χ1) is 8.60. The van der Waals surface area contributed by atoms with Gasteiger partial charge in [-0.05, 0) is 42.8 Å². The number of hydrogen-bond donors (Lipinski definition) is 0. The van der Waals surface area contributed by atoms with Crippen molar-refractivity contribution < 1.29 is 4.39 Å². The van der Waals surface area contributed by atoms with Gasteiger partial charge in [-0.2, -0.15) is 0 Å². The molecule has 0 aliphatic rings. The van der Waals surface area contributed by atoms with Crippen molar-refractivity contribution in [2.24, 2.45) is 0 Å². The first-order valence-corrected chi connectivity index (χ1v) is 6.29. The predicted molar refractivity (Wildman–Crippen MR) is 75.2 cm³/mol. The summed E-state index contributed by atoms with van der Waals surface area (Å²) in [7, 11) is 1.91. The topological polar surface area (TPSA) is 3.24 Å². The van der Waals surface area contributed by atoms with E-state index in [1.807, 2.05) is 49.2 Å². The zero-order valence-electron chi connectivity index (χ0n) is 10.5. The molecule has 0 aliphatic heterocycles. The van der Waals surface area contributed by atoms with Gasteiger partial charge in [-0.3, -0.25) is 0 Å². The first kappa shape index (κ1) is 12.9. The second-order valence-electron chi connectivity index (χ2n) is 4.35. The smallest absolute Gasteiger partial charge is 0.125 e. The Morgan fingerprint density at radius 2 is 1.72 bits per heavy atom. The molecule has 0 aromatic heterocycles. The van der Waals surface area contributed by atoms with E-state index in [4.69, 9.17) is 11.6 Å². The molecule has 2 rings (SSSR count). The van der Waals surface area contributed by atoms with Crippen molar-refractivity contribution in [2.45, 2.75) is 12.8 Å². The fourth-order valence-corrected chi connectivity index (χ4v) is 1.98. The standard InChI is InChI=1S/C15H15ClFN/c1-11-3-5-14(6-4-11)18(2)15-8-12(10-16)7-13(17)9-15/h3-9H,10H2,1-2H3. The third-order valence-electron chi connectivity index (χ3n) is 2.91. The summed E-state index contributed by atoms with van der Waals surface area (Å²) in [5.74, 6) is 0.0501. The van der Waals surface area contributed by atoms with Gasteiger partial charge < -0.3 is 4.90 Å². The van der Waals surface area contributed by atoms with Gasteiger partial charge in [0.1, 0.15) is 5.82 Å². The number of alkyl halides is 1. The van der Waals surface area contributed by atoms with Crippen LogP contribution in [0.5, 0.6) is 0 Å². The van der Waals surface area contributed by atoms with Crippen LogP contribution in [0, 0.1) is 12.7 Å². The van der Waals surface area contributed by atoms with Crippen LogP contribution < -0.4 is 4.90 Å². The van der Waals surface area contributed by atoms with E-state index in [1.165, 1.54) is 17.7 Å². The molecule has 0 unspecified atom stereocenters. The molecule has 3 heteroatoms. The Hall–Kier alpha value is -1.54. The predicted octanol–water partition coefficient (Wildman–Crippen LogP) is 4.64. The van der Waals surface area contributed by atoms with Crippen LogP contribution in [-0.4, -0.2) is 7.05 Å². The third-order valence-corrected chi connectivity index (χ3v) is 3.21. The van der Waals surface area contributed by atoms with Crippen LogP contribution >= 0.6 is 11.6 Å².